The van der Waals surface area contributed by atoms with Gasteiger partial charge in [-0.3, -0.25) is 0 Å². The maximum atomic E-state index is 8.79. The van der Waals surface area contributed by atoms with Crippen molar-refractivity contribution in [2.45, 2.75) is 167 Å². The van der Waals surface area contributed by atoms with Crippen molar-refractivity contribution in [1.82, 2.24) is 0 Å². The highest BCUT2D eigenvalue weighted by Crippen LogP contribution is 2.30. The van der Waals surface area contributed by atoms with Gasteiger partial charge >= 0.3 is 0 Å². The fraction of sp³-hybridized carbons (Fsp3) is 1.00. The predicted molar refractivity (Wildman–Crippen MR) is 146 cm³/mol. The minimum Gasteiger partial charge on any atom is -0.396 e. The normalized spacial score (nSPS) is 23.3. The Hall–Kier alpha value is -0.135. The lowest BCUT2D eigenvalue weighted by Gasteiger charge is -2.32. The minimum absolute atomic E-state index is 0.222. The highest BCUT2D eigenvalue weighted by Gasteiger charge is 2.45. The topological polar surface area (TPSA) is 57.2 Å². The summed E-state index contributed by atoms with van der Waals surface area (Å²) in [6.07, 6.45) is 17.0. The van der Waals surface area contributed by atoms with Crippen LogP contribution in [0.5, 0.6) is 0 Å². The van der Waals surface area contributed by atoms with Crippen LogP contribution in [0, 0.1) is 0 Å². The van der Waals surface area contributed by atoms with Gasteiger partial charge < -0.3 is 24.1 Å². The molecule has 5 nitrogen and oxygen atoms in total. The smallest absolute Gasteiger partial charge is 0.114 e. The molecule has 35 heavy (non-hydrogen) atoms. The summed E-state index contributed by atoms with van der Waals surface area (Å²) in [5.41, 5.74) is -0.542. The molecule has 0 saturated carbocycles. The first-order valence-electron chi connectivity index (χ1n) is 14.5. The van der Waals surface area contributed by atoms with Gasteiger partial charge in [-0.1, -0.05) is 77.0 Å². The number of aliphatic hydroxyl groups is 1. The zero-order chi connectivity index (χ0) is 26.2. The molecule has 6 heteroatoms. The second-order valence-electron chi connectivity index (χ2n) is 12.3. The highest BCUT2D eigenvalue weighted by molar-refractivity contribution is 6.11. The van der Waals surface area contributed by atoms with Gasteiger partial charge in [0.1, 0.15) is 26.2 Å². The van der Waals surface area contributed by atoms with Crippen molar-refractivity contribution in [2.24, 2.45) is 0 Å². The maximum Gasteiger partial charge on any atom is 0.114 e. The molecule has 1 aliphatic heterocycles. The van der Waals surface area contributed by atoms with E-state index in [0.29, 0.717) is 19.8 Å². The van der Waals surface area contributed by atoms with Crippen LogP contribution in [0.3, 0.4) is 0 Å². The molecule has 1 heterocycles. The second-order valence-corrected chi connectivity index (χ2v) is 12.3. The van der Waals surface area contributed by atoms with E-state index < -0.39 is 6.00 Å². The summed E-state index contributed by atoms with van der Waals surface area (Å²) in [4.78, 5) is 0. The molecule has 0 unspecified atom stereocenters. The highest BCUT2D eigenvalue weighted by atomic mass is 16.6. The summed E-state index contributed by atoms with van der Waals surface area (Å²) in [5.74, 6) is 0. The van der Waals surface area contributed by atoms with E-state index in [1.165, 1.54) is 77.0 Å². The van der Waals surface area contributed by atoms with Crippen molar-refractivity contribution in [3.8, 4) is 0 Å². The van der Waals surface area contributed by atoms with E-state index in [1.54, 1.807) is 0 Å². The Morgan fingerprint density at radius 3 is 1.54 bits per heavy atom. The van der Waals surface area contributed by atoms with Gasteiger partial charge in [0.25, 0.3) is 0 Å². The monoisotopic (exact) mass is 496 g/mol. The number of hydrogen-bond acceptors (Lipinski definition) is 5. The quantitative estimate of drug-likeness (QED) is 0.150. The number of rotatable bonds is 20. The van der Waals surface area contributed by atoms with Gasteiger partial charge in [-0.2, -0.15) is 0 Å². The van der Waals surface area contributed by atoms with E-state index in [9.17, 15) is 0 Å². The molecule has 0 aromatic carbocycles. The average Bonchev–Trinajstić information content (AvgIpc) is 3.04. The molecule has 206 valence electrons. The molecule has 2 radical (unpaired) electrons. The molecule has 1 saturated heterocycles. The van der Waals surface area contributed by atoms with Crippen molar-refractivity contribution in [3.05, 3.63) is 0 Å². The lowest BCUT2D eigenvalue weighted by molar-refractivity contribution is -0.144. The average molecular weight is 497 g/mol. The molecule has 1 rings (SSSR count). The van der Waals surface area contributed by atoms with E-state index in [1.807, 2.05) is 20.8 Å². The zero-order valence-corrected chi connectivity index (χ0v) is 24.0. The van der Waals surface area contributed by atoms with Crippen molar-refractivity contribution >= 4 is 7.85 Å². The van der Waals surface area contributed by atoms with Gasteiger partial charge in [0, 0.05) is 19.2 Å². The van der Waals surface area contributed by atoms with E-state index >= 15 is 0 Å². The maximum absolute atomic E-state index is 8.79. The molecule has 0 amide bonds. The first-order valence-corrected chi connectivity index (χ1v) is 14.5. The number of unbranched alkanes of at least 4 members (excludes halogenated alkanes) is 13. The second kappa shape index (κ2) is 18.2. The van der Waals surface area contributed by atoms with Crippen LogP contribution in [0.15, 0.2) is 0 Å². The molecule has 1 N–H and O–H groups in total. The summed E-state index contributed by atoms with van der Waals surface area (Å²) < 4.78 is 24.5. The van der Waals surface area contributed by atoms with Gasteiger partial charge in [0.05, 0.1) is 17.8 Å². The van der Waals surface area contributed by atoms with Crippen molar-refractivity contribution in [1.29, 1.82) is 0 Å². The van der Waals surface area contributed by atoms with Crippen LogP contribution in [0.4, 0.5) is 0 Å². The molecule has 1 aliphatic rings. The SMILES string of the molecule is [B][C@@H]1O[C@H](COC(C)(C)C)[C@@H](OC(C)(C)C)[C@H]1OCCCCCCCCCCCCCCCCO. The third-order valence-corrected chi connectivity index (χ3v) is 6.38. The molecule has 4 atom stereocenters. The van der Waals surface area contributed by atoms with Crippen LogP contribution in [0.2, 0.25) is 0 Å². The molecule has 0 spiro atoms. The Morgan fingerprint density at radius 2 is 1.11 bits per heavy atom. The van der Waals surface area contributed by atoms with Crippen LogP contribution in [0.25, 0.3) is 0 Å². The van der Waals surface area contributed by atoms with Gasteiger partial charge in [0.15, 0.2) is 0 Å². The molecule has 0 aromatic heterocycles. The Balaban J connectivity index is 2.14. The lowest BCUT2D eigenvalue weighted by atomic mass is 9.92. The van der Waals surface area contributed by atoms with Gasteiger partial charge in [-0.25, -0.2) is 0 Å². The number of aliphatic hydroxyl groups excluding tert-OH is 1. The van der Waals surface area contributed by atoms with Gasteiger partial charge in [-0.05, 0) is 54.4 Å². The molecule has 0 aromatic rings. The van der Waals surface area contributed by atoms with Crippen LogP contribution in [0.1, 0.15) is 131 Å². The van der Waals surface area contributed by atoms with E-state index in [-0.39, 0.29) is 29.5 Å². The lowest BCUT2D eigenvalue weighted by Crippen LogP contribution is -2.44. The van der Waals surface area contributed by atoms with Gasteiger partial charge in [-0.15, -0.1) is 0 Å². The first-order chi connectivity index (χ1) is 16.5. The van der Waals surface area contributed by atoms with Crippen LogP contribution in [-0.2, 0) is 18.9 Å². The Kier molecular flexibility index (Phi) is 17.1. The summed E-state index contributed by atoms with van der Waals surface area (Å²) in [7, 11) is 6.29. The Bertz CT molecular complexity index is 502. The number of hydrogen-bond donors (Lipinski definition) is 1. The van der Waals surface area contributed by atoms with Gasteiger partial charge in [0.2, 0.25) is 0 Å². The summed E-state index contributed by atoms with van der Waals surface area (Å²) in [6.45, 7) is 13.8. The van der Waals surface area contributed by atoms with E-state index in [4.69, 9.17) is 31.9 Å². The summed E-state index contributed by atoms with van der Waals surface area (Å²) >= 11 is 0. The summed E-state index contributed by atoms with van der Waals surface area (Å²) in [6, 6.07) is -0.489. The largest absolute Gasteiger partial charge is 0.396 e. The molecule has 1 fully saturated rings. The van der Waals surface area contributed by atoms with Crippen LogP contribution < -0.4 is 0 Å². The van der Waals surface area contributed by atoms with E-state index in [2.05, 4.69) is 20.8 Å². The fourth-order valence-corrected chi connectivity index (χ4v) is 4.52. The first kappa shape index (κ1) is 32.9. The van der Waals surface area contributed by atoms with Crippen LogP contribution in [-0.4, -0.2) is 68.3 Å². The molecule has 0 bridgehead atoms. The Morgan fingerprint density at radius 1 is 0.657 bits per heavy atom. The molecular weight excluding hydrogens is 439 g/mol. The van der Waals surface area contributed by atoms with Crippen LogP contribution >= 0.6 is 0 Å². The standard InChI is InChI=1S/C29H57BO5/c1-28(2,3)33-23-24-25(35-29(4,5)6)26(27(30)34-24)32-22-20-18-16-14-12-10-8-7-9-11-13-15-17-19-21-31/h24-27,31H,7-23H2,1-6H3/t24-,25-,26-,27-/m1/s1. The van der Waals surface area contributed by atoms with Crippen molar-refractivity contribution in [2.75, 3.05) is 19.8 Å². The Labute approximate surface area is 218 Å². The van der Waals surface area contributed by atoms with Crippen molar-refractivity contribution in [3.63, 3.8) is 0 Å². The summed E-state index contributed by atoms with van der Waals surface area (Å²) in [5, 5.41) is 8.79. The zero-order valence-electron chi connectivity index (χ0n) is 24.0. The fourth-order valence-electron chi connectivity index (χ4n) is 4.52. The van der Waals surface area contributed by atoms with Crippen molar-refractivity contribution < 1.29 is 24.1 Å². The predicted octanol–water partition coefficient (Wildman–Crippen LogP) is 6.72. The minimum atomic E-state index is -0.489. The number of ether oxygens (including phenoxy) is 4. The third kappa shape index (κ3) is 17.1. The van der Waals surface area contributed by atoms with E-state index in [0.717, 1.165) is 12.8 Å². The molecule has 0 aliphatic carbocycles. The molecular formula is C29H57BO5. The third-order valence-electron chi connectivity index (χ3n) is 6.38.